The van der Waals surface area contributed by atoms with Gasteiger partial charge in [-0.15, -0.1) is 0 Å². The Labute approximate surface area is 171 Å². The zero-order valence-corrected chi connectivity index (χ0v) is 17.4. The van der Waals surface area contributed by atoms with Gasteiger partial charge in [0.15, 0.2) is 5.76 Å². The highest BCUT2D eigenvalue weighted by molar-refractivity contribution is 9.10. The van der Waals surface area contributed by atoms with Crippen molar-refractivity contribution in [3.63, 3.8) is 0 Å². The predicted octanol–water partition coefficient (Wildman–Crippen LogP) is 4.91. The van der Waals surface area contributed by atoms with E-state index in [1.807, 2.05) is 26.0 Å². The van der Waals surface area contributed by atoms with Crippen molar-refractivity contribution >= 4 is 33.9 Å². The molecular formula is C21H20BrNO5. The molecule has 146 valence electrons. The number of amides is 1. The average molecular weight is 446 g/mol. The fourth-order valence-corrected chi connectivity index (χ4v) is 3.22. The maximum Gasteiger partial charge on any atom is 0.415 e. The molecule has 1 heterocycles. The Morgan fingerprint density at radius 3 is 2.61 bits per heavy atom. The fraction of sp³-hybridized carbons (Fsp3) is 0.238. The topological polar surface area (TPSA) is 65.1 Å². The summed E-state index contributed by atoms with van der Waals surface area (Å²) in [6, 6.07) is 10.2. The monoisotopic (exact) mass is 445 g/mol. The van der Waals surface area contributed by atoms with Gasteiger partial charge in [0.1, 0.15) is 17.2 Å². The second-order valence-corrected chi connectivity index (χ2v) is 6.94. The van der Waals surface area contributed by atoms with Crippen molar-refractivity contribution in [2.75, 3.05) is 20.2 Å². The van der Waals surface area contributed by atoms with E-state index in [0.717, 1.165) is 4.47 Å². The molecule has 28 heavy (non-hydrogen) atoms. The van der Waals surface area contributed by atoms with E-state index < -0.39 is 6.09 Å². The van der Waals surface area contributed by atoms with E-state index >= 15 is 0 Å². The predicted molar refractivity (Wildman–Crippen MR) is 109 cm³/mol. The van der Waals surface area contributed by atoms with E-state index in [1.165, 1.54) is 0 Å². The molecule has 0 fully saturated rings. The average Bonchev–Trinajstić information content (AvgIpc) is 2.98. The molecule has 0 aliphatic carbocycles. The number of methoxy groups -OCH3 is 1. The van der Waals surface area contributed by atoms with E-state index in [2.05, 4.69) is 15.9 Å². The summed E-state index contributed by atoms with van der Waals surface area (Å²) in [4.78, 5) is 26.3. The van der Waals surface area contributed by atoms with E-state index in [0.29, 0.717) is 41.5 Å². The minimum atomic E-state index is -0.441. The summed E-state index contributed by atoms with van der Waals surface area (Å²) in [5, 5.41) is 0. The van der Waals surface area contributed by atoms with Gasteiger partial charge in [-0.3, -0.25) is 4.79 Å². The Hall–Kier alpha value is -2.80. The third-order valence-electron chi connectivity index (χ3n) is 4.35. The van der Waals surface area contributed by atoms with Gasteiger partial charge in [-0.05, 0) is 50.3 Å². The summed E-state index contributed by atoms with van der Waals surface area (Å²) in [6.45, 7) is 4.86. The van der Waals surface area contributed by atoms with Crippen molar-refractivity contribution < 1.29 is 23.8 Å². The maximum atomic E-state index is 12.7. The first-order valence-corrected chi connectivity index (χ1v) is 9.64. The molecule has 0 spiro atoms. The quantitative estimate of drug-likeness (QED) is 0.611. The maximum absolute atomic E-state index is 12.7. The second kappa shape index (κ2) is 8.48. The summed E-state index contributed by atoms with van der Waals surface area (Å²) >= 11 is 3.41. The molecule has 0 bridgehead atoms. The van der Waals surface area contributed by atoms with Crippen LogP contribution < -0.4 is 14.2 Å². The van der Waals surface area contributed by atoms with E-state index in [1.54, 1.807) is 42.4 Å². The zero-order valence-electron chi connectivity index (χ0n) is 15.8. The number of ether oxygens (including phenoxy) is 3. The van der Waals surface area contributed by atoms with E-state index in [4.69, 9.17) is 14.2 Å². The number of allylic oxidation sites excluding steroid dienone is 1. The molecule has 1 aliphatic heterocycles. The highest BCUT2D eigenvalue weighted by atomic mass is 79.9. The van der Waals surface area contributed by atoms with Crippen LogP contribution in [0.3, 0.4) is 0 Å². The van der Waals surface area contributed by atoms with Crippen molar-refractivity contribution in [1.29, 1.82) is 0 Å². The van der Waals surface area contributed by atoms with Crippen LogP contribution in [0.15, 0.2) is 46.6 Å². The van der Waals surface area contributed by atoms with Gasteiger partial charge >= 0.3 is 6.09 Å². The summed E-state index contributed by atoms with van der Waals surface area (Å²) in [5.41, 5.74) is 1.13. The van der Waals surface area contributed by atoms with Crippen LogP contribution in [0, 0.1) is 0 Å². The van der Waals surface area contributed by atoms with E-state index in [9.17, 15) is 9.59 Å². The number of benzene rings is 2. The Morgan fingerprint density at radius 1 is 1.18 bits per heavy atom. The first kappa shape index (κ1) is 19.9. The number of carbonyl (C=O) groups excluding carboxylic acids is 2. The molecule has 0 radical (unpaired) electrons. The van der Waals surface area contributed by atoms with Crippen LogP contribution in [0.25, 0.3) is 6.08 Å². The Morgan fingerprint density at radius 2 is 1.93 bits per heavy atom. The van der Waals surface area contributed by atoms with Gasteiger partial charge in [0.05, 0.1) is 12.7 Å². The lowest BCUT2D eigenvalue weighted by Gasteiger charge is -2.17. The van der Waals surface area contributed by atoms with Crippen molar-refractivity contribution in [3.05, 3.63) is 57.8 Å². The van der Waals surface area contributed by atoms with Gasteiger partial charge in [0.25, 0.3) is 0 Å². The fourth-order valence-electron chi connectivity index (χ4n) is 2.84. The first-order valence-electron chi connectivity index (χ1n) is 8.85. The largest absolute Gasteiger partial charge is 0.496 e. The molecule has 0 aromatic heterocycles. The summed E-state index contributed by atoms with van der Waals surface area (Å²) in [7, 11) is 1.56. The molecule has 0 unspecified atom stereocenters. The Bertz CT molecular complexity index is 950. The lowest BCUT2D eigenvalue weighted by Crippen LogP contribution is -2.33. The second-order valence-electron chi connectivity index (χ2n) is 6.02. The summed E-state index contributed by atoms with van der Waals surface area (Å²) < 4.78 is 17.3. The van der Waals surface area contributed by atoms with Crippen molar-refractivity contribution in [2.45, 2.75) is 13.8 Å². The van der Waals surface area contributed by atoms with Crippen LogP contribution in [-0.4, -0.2) is 37.0 Å². The molecule has 0 saturated carbocycles. The molecule has 0 atom stereocenters. The molecule has 0 N–H and O–H groups in total. The SMILES string of the molecule is CCN(CC)C(=O)Oc1ccc2c(c1)OC(=Cc1cc(Br)ccc1OC)C2=O. The highest BCUT2D eigenvalue weighted by Gasteiger charge is 2.28. The van der Waals surface area contributed by atoms with Crippen LogP contribution in [0.2, 0.25) is 0 Å². The van der Waals surface area contributed by atoms with Crippen LogP contribution >= 0.6 is 15.9 Å². The molecule has 1 amide bonds. The summed E-state index contributed by atoms with van der Waals surface area (Å²) in [5.74, 6) is 1.24. The van der Waals surface area contributed by atoms with Crippen molar-refractivity contribution in [2.24, 2.45) is 0 Å². The number of fused-ring (bicyclic) bond motifs is 1. The van der Waals surface area contributed by atoms with Crippen LogP contribution in [0.1, 0.15) is 29.8 Å². The zero-order chi connectivity index (χ0) is 20.3. The van der Waals surface area contributed by atoms with Crippen molar-refractivity contribution in [3.8, 4) is 17.2 Å². The normalized spacial score (nSPS) is 13.9. The van der Waals surface area contributed by atoms with Crippen molar-refractivity contribution in [1.82, 2.24) is 4.90 Å². The number of hydrogen-bond acceptors (Lipinski definition) is 5. The first-order chi connectivity index (χ1) is 13.5. The Balaban J connectivity index is 1.85. The Kier molecular flexibility index (Phi) is 6.04. The van der Waals surface area contributed by atoms with Crippen LogP contribution in [0.4, 0.5) is 4.79 Å². The molecule has 2 aromatic carbocycles. The highest BCUT2D eigenvalue weighted by Crippen LogP contribution is 2.36. The van der Waals surface area contributed by atoms with Gasteiger partial charge in [0, 0.05) is 29.2 Å². The standard InChI is InChI=1S/C21H20BrNO5/c1-4-23(5-2)21(25)27-15-7-8-16-18(12-15)28-19(20(16)24)11-13-10-14(22)6-9-17(13)26-3/h6-12H,4-5H2,1-3H3. The summed E-state index contributed by atoms with van der Waals surface area (Å²) in [6.07, 6.45) is 1.19. The molecule has 1 aliphatic rings. The lowest BCUT2D eigenvalue weighted by atomic mass is 10.1. The third-order valence-corrected chi connectivity index (χ3v) is 4.84. The molecule has 3 rings (SSSR count). The lowest BCUT2D eigenvalue weighted by molar-refractivity contribution is 0.101. The van der Waals surface area contributed by atoms with Gasteiger partial charge in [0.2, 0.25) is 5.78 Å². The number of halogens is 1. The minimum absolute atomic E-state index is 0.179. The number of carbonyl (C=O) groups is 2. The van der Waals surface area contributed by atoms with Crippen LogP contribution in [0.5, 0.6) is 17.2 Å². The number of nitrogens with zero attached hydrogens (tertiary/aromatic N) is 1. The molecule has 0 saturated heterocycles. The number of ketones is 1. The smallest absolute Gasteiger partial charge is 0.415 e. The molecule has 7 heteroatoms. The number of hydrogen-bond donors (Lipinski definition) is 0. The number of Topliss-reactive ketones (excluding diaryl/α,β-unsaturated/α-hetero) is 1. The minimum Gasteiger partial charge on any atom is -0.496 e. The van der Waals surface area contributed by atoms with Gasteiger partial charge < -0.3 is 19.1 Å². The van der Waals surface area contributed by atoms with E-state index in [-0.39, 0.29) is 11.5 Å². The molecular weight excluding hydrogens is 426 g/mol. The number of rotatable bonds is 5. The van der Waals surface area contributed by atoms with Crippen LogP contribution in [-0.2, 0) is 0 Å². The molecule has 2 aromatic rings. The molecule has 6 nitrogen and oxygen atoms in total. The van der Waals surface area contributed by atoms with Gasteiger partial charge in [-0.1, -0.05) is 15.9 Å². The van der Waals surface area contributed by atoms with Gasteiger partial charge in [-0.25, -0.2) is 4.79 Å². The third kappa shape index (κ3) is 4.04. The van der Waals surface area contributed by atoms with Gasteiger partial charge in [-0.2, -0.15) is 0 Å².